The third kappa shape index (κ3) is 2.49. The van der Waals surface area contributed by atoms with E-state index in [4.69, 9.17) is 9.84 Å². The smallest absolute Gasteiger partial charge is 0.228 e. The summed E-state index contributed by atoms with van der Waals surface area (Å²) in [4.78, 5) is 13.6. The van der Waals surface area contributed by atoms with Crippen molar-refractivity contribution in [3.63, 3.8) is 0 Å². The summed E-state index contributed by atoms with van der Waals surface area (Å²) in [5, 5.41) is 8.79. The summed E-state index contributed by atoms with van der Waals surface area (Å²) in [6, 6.07) is 0. The van der Waals surface area contributed by atoms with Gasteiger partial charge < -0.3 is 14.7 Å². The molecule has 1 N–H and O–H groups in total. The summed E-state index contributed by atoms with van der Waals surface area (Å²) in [5.74, 6) is 0.249. The lowest BCUT2D eigenvalue weighted by atomic mass is 9.88. The van der Waals surface area contributed by atoms with Gasteiger partial charge in [0.15, 0.2) is 0 Å². The van der Waals surface area contributed by atoms with Gasteiger partial charge in [-0.05, 0) is 19.8 Å². The van der Waals surface area contributed by atoms with Crippen molar-refractivity contribution >= 4 is 5.91 Å². The van der Waals surface area contributed by atoms with E-state index >= 15 is 0 Å². The highest BCUT2D eigenvalue weighted by Gasteiger charge is 2.42. The van der Waals surface area contributed by atoms with E-state index in [1.165, 1.54) is 0 Å². The van der Waals surface area contributed by atoms with E-state index in [1.807, 2.05) is 20.8 Å². The molecular weight excluding hydrogens is 194 g/mol. The van der Waals surface area contributed by atoms with Gasteiger partial charge in [0, 0.05) is 13.6 Å². The lowest BCUT2D eigenvalue weighted by Gasteiger charge is -2.24. The molecule has 4 heteroatoms. The van der Waals surface area contributed by atoms with Crippen LogP contribution in [0.3, 0.4) is 0 Å². The molecule has 1 aliphatic rings. The van der Waals surface area contributed by atoms with Crippen molar-refractivity contribution < 1.29 is 14.6 Å². The molecule has 4 nitrogen and oxygen atoms in total. The first-order valence-electron chi connectivity index (χ1n) is 5.50. The van der Waals surface area contributed by atoms with E-state index in [9.17, 15) is 4.79 Å². The first-order valence-corrected chi connectivity index (χ1v) is 5.50. The second kappa shape index (κ2) is 4.94. The third-order valence-electron chi connectivity index (χ3n) is 3.34. The standard InChI is InChI=1S/C11H21NO3/c1-7-8(2)15-9(3)10(7)11(14)12(4)5-6-13/h7-10,13H,5-6H2,1-4H3. The van der Waals surface area contributed by atoms with Gasteiger partial charge in [-0.15, -0.1) is 0 Å². The lowest BCUT2D eigenvalue weighted by Crippen LogP contribution is -2.39. The fourth-order valence-corrected chi connectivity index (χ4v) is 2.21. The van der Waals surface area contributed by atoms with Gasteiger partial charge in [-0.2, -0.15) is 0 Å². The van der Waals surface area contributed by atoms with Gasteiger partial charge in [0.1, 0.15) is 0 Å². The van der Waals surface area contributed by atoms with Crippen LogP contribution < -0.4 is 0 Å². The average Bonchev–Trinajstić information content (AvgIpc) is 2.41. The van der Waals surface area contributed by atoms with Crippen LogP contribution in [0.1, 0.15) is 20.8 Å². The second-order valence-electron chi connectivity index (χ2n) is 4.41. The molecule has 0 aromatic heterocycles. The molecule has 0 bridgehead atoms. The molecule has 4 atom stereocenters. The van der Waals surface area contributed by atoms with Gasteiger partial charge in [-0.3, -0.25) is 4.79 Å². The molecule has 1 rings (SSSR count). The summed E-state index contributed by atoms with van der Waals surface area (Å²) >= 11 is 0. The Labute approximate surface area is 91.2 Å². The minimum absolute atomic E-state index is 0.00807. The number of amides is 1. The summed E-state index contributed by atoms with van der Waals surface area (Å²) in [5.41, 5.74) is 0. The van der Waals surface area contributed by atoms with Crippen LogP contribution in [0.15, 0.2) is 0 Å². The number of likely N-dealkylation sites (N-methyl/N-ethyl adjacent to an activating group) is 1. The normalized spacial score (nSPS) is 35.5. The van der Waals surface area contributed by atoms with Gasteiger partial charge >= 0.3 is 0 Å². The number of hydrogen-bond acceptors (Lipinski definition) is 3. The molecule has 0 aromatic carbocycles. The summed E-state index contributed by atoms with van der Waals surface area (Å²) < 4.78 is 5.63. The van der Waals surface area contributed by atoms with E-state index in [2.05, 4.69) is 0 Å². The first kappa shape index (κ1) is 12.5. The Morgan fingerprint density at radius 3 is 2.33 bits per heavy atom. The molecular formula is C11H21NO3. The van der Waals surface area contributed by atoms with Crippen molar-refractivity contribution in [1.29, 1.82) is 0 Å². The Morgan fingerprint density at radius 2 is 1.93 bits per heavy atom. The maximum atomic E-state index is 12.0. The maximum Gasteiger partial charge on any atom is 0.228 e. The third-order valence-corrected chi connectivity index (χ3v) is 3.34. The molecule has 1 aliphatic heterocycles. The molecule has 15 heavy (non-hydrogen) atoms. The average molecular weight is 215 g/mol. The van der Waals surface area contributed by atoms with Crippen LogP contribution in [0.2, 0.25) is 0 Å². The SMILES string of the molecule is CC1OC(C)C(C(=O)N(C)CCO)C1C. The minimum atomic E-state index is -0.0726. The monoisotopic (exact) mass is 215 g/mol. The van der Waals surface area contributed by atoms with Gasteiger partial charge in [0.25, 0.3) is 0 Å². The zero-order valence-electron chi connectivity index (χ0n) is 9.93. The van der Waals surface area contributed by atoms with Crippen molar-refractivity contribution in [2.75, 3.05) is 20.2 Å². The van der Waals surface area contributed by atoms with Crippen LogP contribution >= 0.6 is 0 Å². The van der Waals surface area contributed by atoms with E-state index < -0.39 is 0 Å². The molecule has 88 valence electrons. The molecule has 1 heterocycles. The molecule has 1 amide bonds. The van der Waals surface area contributed by atoms with Crippen LogP contribution in [0, 0.1) is 11.8 Å². The van der Waals surface area contributed by atoms with Gasteiger partial charge in [-0.1, -0.05) is 6.92 Å². The number of aliphatic hydroxyl groups is 1. The summed E-state index contributed by atoms with van der Waals surface area (Å²) in [7, 11) is 1.72. The van der Waals surface area contributed by atoms with Crippen molar-refractivity contribution in [1.82, 2.24) is 4.90 Å². The molecule has 0 spiro atoms. The highest BCUT2D eigenvalue weighted by molar-refractivity contribution is 5.79. The Hall–Kier alpha value is -0.610. The van der Waals surface area contributed by atoms with Crippen LogP contribution in [-0.4, -0.2) is 48.3 Å². The Morgan fingerprint density at radius 1 is 1.33 bits per heavy atom. The number of hydrogen-bond donors (Lipinski definition) is 1. The molecule has 1 saturated heterocycles. The van der Waals surface area contributed by atoms with Crippen molar-refractivity contribution in [3.05, 3.63) is 0 Å². The molecule has 0 aromatic rings. The number of carbonyl (C=O) groups excluding carboxylic acids is 1. The van der Waals surface area contributed by atoms with Gasteiger partial charge in [-0.25, -0.2) is 0 Å². The number of nitrogens with zero attached hydrogens (tertiary/aromatic N) is 1. The number of aliphatic hydroxyl groups excluding tert-OH is 1. The Kier molecular flexibility index (Phi) is 4.11. The van der Waals surface area contributed by atoms with Crippen molar-refractivity contribution in [3.8, 4) is 0 Å². The fraction of sp³-hybridized carbons (Fsp3) is 0.909. The second-order valence-corrected chi connectivity index (χ2v) is 4.41. The predicted molar refractivity (Wildman–Crippen MR) is 57.4 cm³/mol. The topological polar surface area (TPSA) is 49.8 Å². The number of ether oxygens (including phenoxy) is 1. The van der Waals surface area contributed by atoms with Crippen LogP contribution in [0.5, 0.6) is 0 Å². The highest BCUT2D eigenvalue weighted by atomic mass is 16.5. The molecule has 0 radical (unpaired) electrons. The van der Waals surface area contributed by atoms with E-state index in [0.29, 0.717) is 6.54 Å². The predicted octanol–water partition coefficient (Wildman–Crippen LogP) is 0.497. The van der Waals surface area contributed by atoms with Gasteiger partial charge in [0.05, 0.1) is 24.7 Å². The largest absolute Gasteiger partial charge is 0.395 e. The molecule has 4 unspecified atom stereocenters. The number of rotatable bonds is 3. The van der Waals surface area contributed by atoms with Gasteiger partial charge in [0.2, 0.25) is 5.91 Å². The van der Waals surface area contributed by atoms with E-state index in [0.717, 1.165) is 0 Å². The van der Waals surface area contributed by atoms with Crippen molar-refractivity contribution in [2.45, 2.75) is 33.0 Å². The summed E-state index contributed by atoms with van der Waals surface area (Å²) in [6.45, 7) is 6.39. The maximum absolute atomic E-state index is 12.0. The zero-order valence-corrected chi connectivity index (χ0v) is 9.93. The van der Waals surface area contributed by atoms with Crippen LogP contribution in [0.25, 0.3) is 0 Å². The lowest BCUT2D eigenvalue weighted by molar-refractivity contribution is -0.137. The van der Waals surface area contributed by atoms with Crippen LogP contribution in [-0.2, 0) is 9.53 Å². The minimum Gasteiger partial charge on any atom is -0.395 e. The molecule has 0 saturated carbocycles. The van der Waals surface area contributed by atoms with E-state index in [1.54, 1.807) is 11.9 Å². The quantitative estimate of drug-likeness (QED) is 0.745. The molecule has 1 fully saturated rings. The fourth-order valence-electron chi connectivity index (χ4n) is 2.21. The first-order chi connectivity index (χ1) is 6.99. The Balaban J connectivity index is 2.66. The zero-order chi connectivity index (χ0) is 11.6. The van der Waals surface area contributed by atoms with Crippen molar-refractivity contribution in [2.24, 2.45) is 11.8 Å². The Bertz CT molecular complexity index is 232. The highest BCUT2D eigenvalue weighted by Crippen LogP contribution is 2.33. The van der Waals surface area contributed by atoms with E-state index in [-0.39, 0.29) is 36.6 Å². The van der Waals surface area contributed by atoms with Crippen LogP contribution in [0.4, 0.5) is 0 Å². The number of carbonyl (C=O) groups is 1. The molecule has 0 aliphatic carbocycles. The summed E-state index contributed by atoms with van der Waals surface area (Å²) in [6.07, 6.45) is 0.111.